The van der Waals surface area contributed by atoms with Crippen molar-refractivity contribution in [3.8, 4) is 0 Å². The summed E-state index contributed by atoms with van der Waals surface area (Å²) in [5.41, 5.74) is 0.406. The van der Waals surface area contributed by atoms with Crippen molar-refractivity contribution in [2.75, 3.05) is 6.54 Å². The van der Waals surface area contributed by atoms with Crippen LogP contribution in [0.25, 0.3) is 0 Å². The highest BCUT2D eigenvalue weighted by Gasteiger charge is 2.32. The van der Waals surface area contributed by atoms with E-state index in [1.165, 1.54) is 6.07 Å². The number of hydrogen-bond donors (Lipinski definition) is 0. The Bertz CT molecular complexity index is 534. The lowest BCUT2D eigenvalue weighted by atomic mass is 10.3. The summed E-state index contributed by atoms with van der Waals surface area (Å²) in [4.78, 5) is 13.9. The third-order valence-corrected chi connectivity index (χ3v) is 5.69. The summed E-state index contributed by atoms with van der Waals surface area (Å²) in [5, 5.41) is 1.54. The van der Waals surface area contributed by atoms with Crippen LogP contribution in [-0.2, 0) is 9.05 Å². The molecule has 0 radical (unpaired) electrons. The van der Waals surface area contributed by atoms with E-state index in [4.69, 9.17) is 10.7 Å². The van der Waals surface area contributed by atoms with Gasteiger partial charge < -0.3 is 4.90 Å². The van der Waals surface area contributed by atoms with E-state index in [1.807, 2.05) is 6.92 Å². The minimum atomic E-state index is -3.73. The van der Waals surface area contributed by atoms with Crippen LogP contribution < -0.4 is 0 Å². The summed E-state index contributed by atoms with van der Waals surface area (Å²) in [5.74, 6) is -0.113. The van der Waals surface area contributed by atoms with E-state index in [9.17, 15) is 13.2 Å². The van der Waals surface area contributed by atoms with Crippen LogP contribution in [0, 0.1) is 0 Å². The van der Waals surface area contributed by atoms with Gasteiger partial charge in [0.25, 0.3) is 15.0 Å². The van der Waals surface area contributed by atoms with Gasteiger partial charge in [-0.25, -0.2) is 8.42 Å². The predicted octanol–water partition coefficient (Wildman–Crippen LogP) is 2.30. The van der Waals surface area contributed by atoms with Crippen LogP contribution >= 0.6 is 22.0 Å². The van der Waals surface area contributed by atoms with Crippen molar-refractivity contribution in [1.29, 1.82) is 0 Å². The second kappa shape index (κ2) is 4.59. The van der Waals surface area contributed by atoms with Gasteiger partial charge in [-0.1, -0.05) is 0 Å². The van der Waals surface area contributed by atoms with Crippen molar-refractivity contribution >= 4 is 37.0 Å². The van der Waals surface area contributed by atoms with Gasteiger partial charge >= 0.3 is 0 Å². The van der Waals surface area contributed by atoms with Crippen molar-refractivity contribution in [2.24, 2.45) is 0 Å². The van der Waals surface area contributed by atoms with E-state index in [0.717, 1.165) is 24.2 Å². The van der Waals surface area contributed by atoms with Crippen LogP contribution in [0.2, 0.25) is 0 Å². The zero-order valence-corrected chi connectivity index (χ0v) is 11.6. The summed E-state index contributed by atoms with van der Waals surface area (Å²) < 4.78 is 22.2. The normalized spacial score (nSPS) is 15.9. The van der Waals surface area contributed by atoms with Gasteiger partial charge in [0.1, 0.15) is 4.21 Å². The van der Waals surface area contributed by atoms with Gasteiger partial charge in [0, 0.05) is 28.6 Å². The Balaban J connectivity index is 2.22. The van der Waals surface area contributed by atoms with Crippen molar-refractivity contribution < 1.29 is 13.2 Å². The fourth-order valence-electron chi connectivity index (χ4n) is 1.68. The van der Waals surface area contributed by atoms with Crippen LogP contribution in [0.4, 0.5) is 0 Å². The second-order valence-electron chi connectivity index (χ2n) is 3.91. The van der Waals surface area contributed by atoms with E-state index >= 15 is 0 Å². The largest absolute Gasteiger partial charge is 0.336 e. The van der Waals surface area contributed by atoms with E-state index in [1.54, 1.807) is 10.3 Å². The highest BCUT2D eigenvalue weighted by Crippen LogP contribution is 2.30. The molecule has 1 heterocycles. The van der Waals surface area contributed by atoms with Gasteiger partial charge in [-0.2, -0.15) is 0 Å². The number of thiophene rings is 1. The lowest BCUT2D eigenvalue weighted by Gasteiger charge is -2.19. The van der Waals surface area contributed by atoms with Crippen molar-refractivity contribution in [3.63, 3.8) is 0 Å². The van der Waals surface area contributed by atoms with Gasteiger partial charge in [-0.15, -0.1) is 11.3 Å². The Morgan fingerprint density at radius 3 is 2.65 bits per heavy atom. The number of hydrogen-bond acceptors (Lipinski definition) is 4. The zero-order valence-electron chi connectivity index (χ0n) is 9.22. The van der Waals surface area contributed by atoms with E-state index in [2.05, 4.69) is 0 Å². The first-order valence-corrected chi connectivity index (χ1v) is 8.46. The molecule has 0 unspecified atom stereocenters. The SMILES string of the molecule is CCN(C(=O)c1csc(S(=O)(=O)Cl)c1)C1CC1. The maximum atomic E-state index is 12.1. The average molecular weight is 294 g/mol. The molecule has 0 spiro atoms. The molecule has 1 aromatic heterocycles. The molecule has 0 saturated heterocycles. The molecule has 0 N–H and O–H groups in total. The van der Waals surface area contributed by atoms with E-state index in [-0.39, 0.29) is 10.1 Å². The van der Waals surface area contributed by atoms with Crippen molar-refractivity contribution in [1.82, 2.24) is 4.90 Å². The van der Waals surface area contributed by atoms with Crippen molar-refractivity contribution in [2.45, 2.75) is 30.0 Å². The Morgan fingerprint density at radius 2 is 2.24 bits per heavy atom. The summed E-state index contributed by atoms with van der Waals surface area (Å²) in [7, 11) is 1.49. The summed E-state index contributed by atoms with van der Waals surface area (Å²) in [6.07, 6.45) is 2.06. The summed E-state index contributed by atoms with van der Waals surface area (Å²) >= 11 is 0.977. The molecule has 0 bridgehead atoms. The van der Waals surface area contributed by atoms with Crippen LogP contribution in [0.3, 0.4) is 0 Å². The fourth-order valence-corrected chi connectivity index (χ4v) is 3.62. The number of nitrogens with zero attached hydrogens (tertiary/aromatic N) is 1. The van der Waals surface area contributed by atoms with Crippen LogP contribution in [0.1, 0.15) is 30.1 Å². The monoisotopic (exact) mass is 293 g/mol. The lowest BCUT2D eigenvalue weighted by molar-refractivity contribution is 0.0753. The van der Waals surface area contributed by atoms with E-state index in [0.29, 0.717) is 18.2 Å². The number of amides is 1. The van der Waals surface area contributed by atoms with Crippen molar-refractivity contribution in [3.05, 3.63) is 17.0 Å². The molecule has 17 heavy (non-hydrogen) atoms. The standard InChI is InChI=1S/C10H12ClNO3S2/c1-2-12(8-3-4-8)10(13)7-5-9(16-6-7)17(11,14)15/h5-6,8H,2-4H2,1H3. The molecule has 1 aromatic rings. The highest BCUT2D eigenvalue weighted by atomic mass is 35.7. The molecule has 1 aliphatic rings. The molecule has 1 aliphatic carbocycles. The van der Waals surface area contributed by atoms with Gasteiger partial charge in [-0.3, -0.25) is 4.79 Å². The van der Waals surface area contributed by atoms with Crippen LogP contribution in [0.15, 0.2) is 15.7 Å². The quantitative estimate of drug-likeness (QED) is 0.801. The van der Waals surface area contributed by atoms with Gasteiger partial charge in [-0.05, 0) is 25.8 Å². The molecule has 0 aliphatic heterocycles. The smallest absolute Gasteiger partial charge is 0.270 e. The Hall–Kier alpha value is -0.590. The maximum absolute atomic E-state index is 12.1. The van der Waals surface area contributed by atoms with Gasteiger partial charge in [0.2, 0.25) is 0 Å². The fraction of sp³-hybridized carbons (Fsp3) is 0.500. The molecule has 0 atom stereocenters. The van der Waals surface area contributed by atoms with Crippen LogP contribution in [0.5, 0.6) is 0 Å². The van der Waals surface area contributed by atoms with Gasteiger partial charge in [0.15, 0.2) is 0 Å². The summed E-state index contributed by atoms with van der Waals surface area (Å²) in [6.45, 7) is 2.56. The minimum Gasteiger partial charge on any atom is -0.336 e. The Kier molecular flexibility index (Phi) is 3.47. The number of carbonyl (C=O) groups excluding carboxylic acids is 1. The summed E-state index contributed by atoms with van der Waals surface area (Å²) in [6, 6.07) is 1.67. The maximum Gasteiger partial charge on any atom is 0.270 e. The highest BCUT2D eigenvalue weighted by molar-refractivity contribution is 8.15. The Labute approximate surface area is 109 Å². The first kappa shape index (κ1) is 12.9. The Morgan fingerprint density at radius 1 is 1.59 bits per heavy atom. The molecule has 2 rings (SSSR count). The third-order valence-electron chi connectivity index (χ3n) is 2.65. The second-order valence-corrected chi connectivity index (χ2v) is 7.62. The van der Waals surface area contributed by atoms with Gasteiger partial charge in [0.05, 0.1) is 5.56 Å². The average Bonchev–Trinajstić information content (AvgIpc) is 2.94. The number of carbonyl (C=O) groups is 1. The molecular weight excluding hydrogens is 282 g/mol. The van der Waals surface area contributed by atoms with Crippen LogP contribution in [-0.4, -0.2) is 31.8 Å². The molecule has 1 amide bonds. The zero-order chi connectivity index (χ0) is 12.6. The first-order valence-electron chi connectivity index (χ1n) is 5.27. The first-order chi connectivity index (χ1) is 7.93. The molecule has 1 saturated carbocycles. The lowest BCUT2D eigenvalue weighted by Crippen LogP contribution is -2.32. The topological polar surface area (TPSA) is 54.5 Å². The number of halogens is 1. The van der Waals surface area contributed by atoms with E-state index < -0.39 is 9.05 Å². The number of rotatable bonds is 4. The molecule has 94 valence electrons. The predicted molar refractivity (Wildman–Crippen MR) is 67.1 cm³/mol. The minimum absolute atomic E-state index is 0.0226. The molecule has 7 heteroatoms. The molecular formula is C10H12ClNO3S2. The molecule has 4 nitrogen and oxygen atoms in total. The molecule has 0 aromatic carbocycles. The third kappa shape index (κ3) is 2.81. The molecule has 1 fully saturated rings.